The number of benzene rings is 2. The minimum absolute atomic E-state index is 0.0699. The van der Waals surface area contributed by atoms with Gasteiger partial charge in [-0.3, -0.25) is 9.59 Å². The highest BCUT2D eigenvalue weighted by molar-refractivity contribution is 6.35. The molecule has 0 unspecified atom stereocenters. The van der Waals surface area contributed by atoms with Crippen LogP contribution in [0.5, 0.6) is 0 Å². The molecular weight excluding hydrogens is 347 g/mol. The SMILES string of the molecule is C[C@H](c1ccccc1)N(CC(N)=O)C(=O)Cc1ccc(Cl)cc1Cl. The fourth-order valence-corrected chi connectivity index (χ4v) is 2.93. The first kappa shape index (κ1) is 18.3. The van der Waals surface area contributed by atoms with Crippen LogP contribution >= 0.6 is 23.2 Å². The Kier molecular flexibility index (Phi) is 6.23. The van der Waals surface area contributed by atoms with Crippen molar-refractivity contribution in [2.75, 3.05) is 6.54 Å². The summed E-state index contributed by atoms with van der Waals surface area (Å²) in [6.07, 6.45) is 0.0699. The third-order valence-corrected chi connectivity index (χ3v) is 4.34. The van der Waals surface area contributed by atoms with Crippen LogP contribution < -0.4 is 5.73 Å². The number of nitrogens with zero attached hydrogens (tertiary/aromatic N) is 1. The molecule has 0 saturated carbocycles. The second-order valence-corrected chi connectivity index (χ2v) is 6.33. The number of rotatable bonds is 6. The Hall–Kier alpha value is -2.04. The lowest BCUT2D eigenvalue weighted by atomic mass is 10.1. The van der Waals surface area contributed by atoms with Crippen LogP contribution in [0.2, 0.25) is 10.0 Å². The van der Waals surface area contributed by atoms with E-state index in [1.54, 1.807) is 18.2 Å². The lowest BCUT2D eigenvalue weighted by Crippen LogP contribution is -2.41. The Morgan fingerprint density at radius 1 is 1.12 bits per heavy atom. The van der Waals surface area contributed by atoms with Crippen LogP contribution in [0.3, 0.4) is 0 Å². The zero-order valence-corrected chi connectivity index (χ0v) is 14.7. The summed E-state index contributed by atoms with van der Waals surface area (Å²) in [7, 11) is 0. The Morgan fingerprint density at radius 2 is 1.79 bits per heavy atom. The molecule has 1 atom stereocenters. The number of primary amides is 1. The normalized spacial score (nSPS) is 11.8. The van der Waals surface area contributed by atoms with E-state index in [-0.39, 0.29) is 24.9 Å². The van der Waals surface area contributed by atoms with Gasteiger partial charge >= 0.3 is 0 Å². The van der Waals surface area contributed by atoms with Gasteiger partial charge in [-0.1, -0.05) is 59.6 Å². The molecule has 0 heterocycles. The fourth-order valence-electron chi connectivity index (χ4n) is 2.45. The number of nitrogens with two attached hydrogens (primary N) is 1. The van der Waals surface area contributed by atoms with Crippen LogP contribution in [0.25, 0.3) is 0 Å². The van der Waals surface area contributed by atoms with Crippen LogP contribution in [0.1, 0.15) is 24.1 Å². The topological polar surface area (TPSA) is 63.4 Å². The van der Waals surface area contributed by atoms with E-state index in [9.17, 15) is 9.59 Å². The van der Waals surface area contributed by atoms with E-state index in [2.05, 4.69) is 0 Å². The van der Waals surface area contributed by atoms with E-state index in [0.29, 0.717) is 15.6 Å². The fraction of sp³-hybridized carbons (Fsp3) is 0.222. The van der Waals surface area contributed by atoms with Gasteiger partial charge in [0.2, 0.25) is 11.8 Å². The van der Waals surface area contributed by atoms with Gasteiger partial charge in [-0.2, -0.15) is 0 Å². The van der Waals surface area contributed by atoms with Crippen molar-refractivity contribution in [3.8, 4) is 0 Å². The molecular formula is C18H18Cl2N2O2. The Morgan fingerprint density at radius 3 is 2.38 bits per heavy atom. The first-order chi connectivity index (χ1) is 11.4. The number of hydrogen-bond acceptors (Lipinski definition) is 2. The highest BCUT2D eigenvalue weighted by Crippen LogP contribution is 2.24. The van der Waals surface area contributed by atoms with E-state index in [4.69, 9.17) is 28.9 Å². The smallest absolute Gasteiger partial charge is 0.237 e. The van der Waals surface area contributed by atoms with Crippen LogP contribution in [-0.2, 0) is 16.0 Å². The van der Waals surface area contributed by atoms with Crippen LogP contribution in [-0.4, -0.2) is 23.3 Å². The Labute approximate surface area is 151 Å². The second kappa shape index (κ2) is 8.18. The molecule has 0 saturated heterocycles. The molecule has 0 aliphatic heterocycles. The zero-order valence-electron chi connectivity index (χ0n) is 13.2. The predicted molar refractivity (Wildman–Crippen MR) is 95.9 cm³/mol. The van der Waals surface area contributed by atoms with Crippen LogP contribution in [0.4, 0.5) is 0 Å². The molecule has 0 fully saturated rings. The van der Waals surface area contributed by atoms with Crippen molar-refractivity contribution in [1.29, 1.82) is 0 Å². The molecule has 4 nitrogen and oxygen atoms in total. The maximum Gasteiger partial charge on any atom is 0.237 e. The summed E-state index contributed by atoms with van der Waals surface area (Å²) >= 11 is 12.0. The minimum atomic E-state index is -0.562. The van der Waals surface area contributed by atoms with Crippen LogP contribution in [0, 0.1) is 0 Å². The van der Waals surface area contributed by atoms with Gasteiger partial charge in [-0.05, 0) is 30.2 Å². The highest BCUT2D eigenvalue weighted by Gasteiger charge is 2.23. The monoisotopic (exact) mass is 364 g/mol. The van der Waals surface area contributed by atoms with Gasteiger partial charge < -0.3 is 10.6 Å². The molecule has 0 spiro atoms. The van der Waals surface area contributed by atoms with Crippen molar-refractivity contribution in [3.05, 3.63) is 69.7 Å². The molecule has 24 heavy (non-hydrogen) atoms. The number of hydrogen-bond donors (Lipinski definition) is 1. The van der Waals surface area contributed by atoms with Gasteiger partial charge in [0.25, 0.3) is 0 Å². The standard InChI is InChI=1S/C18H18Cl2N2O2/c1-12(13-5-3-2-4-6-13)22(11-17(21)23)18(24)9-14-7-8-15(19)10-16(14)20/h2-8,10,12H,9,11H2,1H3,(H2,21,23)/t12-/m1/s1. The van der Waals surface area contributed by atoms with Gasteiger partial charge in [-0.15, -0.1) is 0 Å². The minimum Gasteiger partial charge on any atom is -0.368 e. The molecule has 0 radical (unpaired) electrons. The molecule has 0 aliphatic rings. The first-order valence-electron chi connectivity index (χ1n) is 7.45. The Bertz CT molecular complexity index is 735. The summed E-state index contributed by atoms with van der Waals surface area (Å²) < 4.78 is 0. The van der Waals surface area contributed by atoms with E-state index in [1.807, 2.05) is 37.3 Å². The van der Waals surface area contributed by atoms with E-state index >= 15 is 0 Å². The molecule has 2 amide bonds. The predicted octanol–water partition coefficient (Wildman–Crippen LogP) is 3.61. The van der Waals surface area contributed by atoms with Gasteiger partial charge in [-0.25, -0.2) is 0 Å². The summed E-state index contributed by atoms with van der Waals surface area (Å²) in [5.41, 5.74) is 6.89. The summed E-state index contributed by atoms with van der Waals surface area (Å²) in [6.45, 7) is 1.71. The molecule has 0 aliphatic carbocycles. The maximum absolute atomic E-state index is 12.7. The van der Waals surface area contributed by atoms with Gasteiger partial charge in [0, 0.05) is 10.0 Å². The lowest BCUT2D eigenvalue weighted by molar-refractivity contribution is -0.136. The van der Waals surface area contributed by atoms with Gasteiger partial charge in [0.05, 0.1) is 19.0 Å². The first-order valence-corrected chi connectivity index (χ1v) is 8.20. The van der Waals surface area contributed by atoms with Crippen LogP contribution in [0.15, 0.2) is 48.5 Å². The number of carbonyl (C=O) groups excluding carboxylic acids is 2. The summed E-state index contributed by atoms with van der Waals surface area (Å²) in [5, 5.41) is 0.921. The maximum atomic E-state index is 12.7. The quantitative estimate of drug-likeness (QED) is 0.850. The second-order valence-electron chi connectivity index (χ2n) is 5.49. The third kappa shape index (κ3) is 4.73. The van der Waals surface area contributed by atoms with Crippen molar-refractivity contribution >= 4 is 35.0 Å². The third-order valence-electron chi connectivity index (χ3n) is 3.75. The Balaban J connectivity index is 2.23. The summed E-state index contributed by atoms with van der Waals surface area (Å²) in [6, 6.07) is 14.2. The van der Waals surface area contributed by atoms with Gasteiger partial charge in [0.1, 0.15) is 0 Å². The molecule has 2 rings (SSSR count). The van der Waals surface area contributed by atoms with Crippen molar-refractivity contribution in [2.24, 2.45) is 5.73 Å². The lowest BCUT2D eigenvalue weighted by Gasteiger charge is -2.29. The average Bonchev–Trinajstić information content (AvgIpc) is 2.55. The van der Waals surface area contributed by atoms with Crippen molar-refractivity contribution < 1.29 is 9.59 Å². The van der Waals surface area contributed by atoms with Crippen molar-refractivity contribution in [3.63, 3.8) is 0 Å². The average molecular weight is 365 g/mol. The number of amides is 2. The molecule has 2 aromatic carbocycles. The van der Waals surface area contributed by atoms with E-state index < -0.39 is 5.91 Å². The van der Waals surface area contributed by atoms with Crippen molar-refractivity contribution in [1.82, 2.24) is 4.90 Å². The zero-order chi connectivity index (χ0) is 17.7. The number of halogens is 2. The van der Waals surface area contributed by atoms with Gasteiger partial charge in [0.15, 0.2) is 0 Å². The molecule has 6 heteroatoms. The molecule has 0 aromatic heterocycles. The molecule has 2 aromatic rings. The molecule has 0 bridgehead atoms. The van der Waals surface area contributed by atoms with Crippen molar-refractivity contribution in [2.45, 2.75) is 19.4 Å². The number of carbonyl (C=O) groups is 2. The molecule has 126 valence electrons. The summed E-state index contributed by atoms with van der Waals surface area (Å²) in [5.74, 6) is -0.789. The largest absolute Gasteiger partial charge is 0.368 e. The van der Waals surface area contributed by atoms with E-state index in [0.717, 1.165) is 5.56 Å². The highest BCUT2D eigenvalue weighted by atomic mass is 35.5. The van der Waals surface area contributed by atoms with E-state index in [1.165, 1.54) is 4.90 Å². The summed E-state index contributed by atoms with van der Waals surface area (Å²) in [4.78, 5) is 25.6. The molecule has 2 N–H and O–H groups in total.